The van der Waals surface area contributed by atoms with Gasteiger partial charge in [-0.05, 0) is 30.7 Å². The van der Waals surface area contributed by atoms with E-state index >= 15 is 0 Å². The Morgan fingerprint density at radius 1 is 1.10 bits per heavy atom. The number of anilines is 1. The van der Waals surface area contributed by atoms with E-state index in [0.29, 0.717) is 5.56 Å². The average molecular weight is 362 g/mol. The molecule has 0 heterocycles. The van der Waals surface area contributed by atoms with Gasteiger partial charge in [0.05, 0.1) is 10.6 Å². The second-order valence-electron chi connectivity index (χ2n) is 4.17. The molecule has 0 aliphatic rings. The van der Waals surface area contributed by atoms with Gasteiger partial charge in [-0.3, -0.25) is 4.72 Å². The average Bonchev–Trinajstić information content (AvgIpc) is 2.15. The Kier molecular flexibility index (Phi) is 4.74. The Balaban J connectivity index is 3.13. The molecular weight excluding hydrogens is 350 g/mol. The molecule has 0 unspecified atom stereocenters. The van der Waals surface area contributed by atoms with Crippen molar-refractivity contribution in [3.63, 3.8) is 0 Å². The first-order chi connectivity index (χ1) is 8.80. The van der Waals surface area contributed by atoms with Crippen molar-refractivity contribution in [2.45, 2.75) is 11.8 Å². The lowest BCUT2D eigenvalue weighted by Crippen LogP contribution is -2.22. The van der Waals surface area contributed by atoms with Crippen LogP contribution in [0.15, 0.2) is 23.1 Å². The predicted octanol–water partition coefficient (Wildman–Crippen LogP) is 0.666. The molecule has 0 saturated carbocycles. The van der Waals surface area contributed by atoms with Crippen LogP contribution in [0.1, 0.15) is 5.56 Å². The maximum Gasteiger partial charge on any atom is 0.261 e. The van der Waals surface area contributed by atoms with Gasteiger partial charge in [-0.15, -0.1) is 0 Å². The second-order valence-corrected chi connectivity index (χ2v) is 11.0. The fourth-order valence-electron chi connectivity index (χ4n) is 1.38. The van der Waals surface area contributed by atoms with Gasteiger partial charge in [0.25, 0.3) is 9.05 Å². The van der Waals surface area contributed by atoms with Crippen molar-refractivity contribution >= 4 is 45.3 Å². The molecule has 11 heteroatoms. The van der Waals surface area contributed by atoms with Crippen LogP contribution < -0.4 is 4.72 Å². The third-order valence-electron chi connectivity index (χ3n) is 2.11. The number of halogens is 1. The molecule has 20 heavy (non-hydrogen) atoms. The van der Waals surface area contributed by atoms with Gasteiger partial charge in [-0.2, -0.15) is 0 Å². The number of hydrogen-bond donors (Lipinski definition) is 1. The van der Waals surface area contributed by atoms with E-state index in [9.17, 15) is 25.3 Å². The minimum atomic E-state index is -4.08. The molecule has 0 aliphatic heterocycles. The summed E-state index contributed by atoms with van der Waals surface area (Å²) in [6, 6.07) is 3.50. The van der Waals surface area contributed by atoms with Crippen LogP contribution in [0.5, 0.6) is 0 Å². The summed E-state index contributed by atoms with van der Waals surface area (Å²) >= 11 is 0. The highest BCUT2D eigenvalue weighted by Crippen LogP contribution is 2.23. The number of rotatable bonds is 5. The molecule has 1 aromatic carbocycles. The van der Waals surface area contributed by atoms with E-state index in [0.717, 1.165) is 12.3 Å². The Labute approximate surface area is 122 Å². The Morgan fingerprint density at radius 2 is 1.65 bits per heavy atom. The van der Waals surface area contributed by atoms with Crippen molar-refractivity contribution in [2.75, 3.05) is 16.1 Å². The highest BCUT2D eigenvalue weighted by atomic mass is 35.7. The van der Waals surface area contributed by atoms with Crippen molar-refractivity contribution in [1.82, 2.24) is 0 Å². The van der Waals surface area contributed by atoms with Gasteiger partial charge in [-0.25, -0.2) is 25.3 Å². The summed E-state index contributed by atoms with van der Waals surface area (Å²) in [6.45, 7) is 1.46. The zero-order valence-electron chi connectivity index (χ0n) is 10.5. The molecule has 1 N–H and O–H groups in total. The molecule has 0 aromatic heterocycles. The topological polar surface area (TPSA) is 114 Å². The molecule has 0 saturated heterocycles. The largest absolute Gasteiger partial charge is 0.282 e. The second kappa shape index (κ2) is 5.51. The first kappa shape index (κ1) is 17.2. The van der Waals surface area contributed by atoms with Crippen molar-refractivity contribution < 1.29 is 25.3 Å². The van der Waals surface area contributed by atoms with Gasteiger partial charge in [-0.1, -0.05) is 0 Å². The van der Waals surface area contributed by atoms with E-state index in [1.807, 2.05) is 0 Å². The molecule has 114 valence electrons. The summed E-state index contributed by atoms with van der Waals surface area (Å²) in [7, 11) is -6.56. The first-order valence-electron chi connectivity index (χ1n) is 5.04. The predicted molar refractivity (Wildman–Crippen MR) is 76.5 cm³/mol. The number of benzene rings is 1. The van der Waals surface area contributed by atoms with Crippen LogP contribution in [0.4, 0.5) is 5.69 Å². The summed E-state index contributed by atoms with van der Waals surface area (Å²) in [4.78, 5) is -0.178. The maximum absolute atomic E-state index is 11.6. The zero-order chi connectivity index (χ0) is 15.8. The summed E-state index contributed by atoms with van der Waals surface area (Å²) in [5.74, 6) is 0. The smallest absolute Gasteiger partial charge is 0.261 e. The highest BCUT2D eigenvalue weighted by molar-refractivity contribution is 8.13. The van der Waals surface area contributed by atoms with E-state index in [1.54, 1.807) is 0 Å². The summed E-state index contributed by atoms with van der Waals surface area (Å²) in [5.41, 5.74) is 0.376. The van der Waals surface area contributed by atoms with Gasteiger partial charge >= 0.3 is 0 Å². The maximum atomic E-state index is 11.6. The third kappa shape index (κ3) is 5.27. The van der Waals surface area contributed by atoms with E-state index < -0.39 is 34.0 Å². The van der Waals surface area contributed by atoms with Crippen LogP contribution in [0, 0.1) is 6.92 Å². The normalized spacial score (nSPS) is 13.2. The lowest BCUT2D eigenvalue weighted by atomic mass is 10.2. The lowest BCUT2D eigenvalue weighted by molar-refractivity contribution is 0.594. The quantitative estimate of drug-likeness (QED) is 0.770. The fraction of sp³-hybridized carbons (Fsp3) is 0.333. The Bertz CT molecular complexity index is 826. The number of aryl methyl sites for hydroxylation is 1. The van der Waals surface area contributed by atoms with E-state index in [-0.39, 0.29) is 10.6 Å². The fourth-order valence-corrected chi connectivity index (χ4v) is 5.27. The van der Waals surface area contributed by atoms with Crippen LogP contribution >= 0.6 is 10.7 Å². The van der Waals surface area contributed by atoms with Crippen LogP contribution in [0.2, 0.25) is 0 Å². The third-order valence-corrected chi connectivity index (χ3v) is 6.95. The molecule has 0 spiro atoms. The van der Waals surface area contributed by atoms with Gasteiger partial charge in [0.15, 0.2) is 14.9 Å². The minimum Gasteiger partial charge on any atom is -0.282 e. The van der Waals surface area contributed by atoms with E-state index in [1.165, 1.54) is 19.1 Å². The molecule has 1 aromatic rings. The van der Waals surface area contributed by atoms with Gasteiger partial charge in [0, 0.05) is 16.9 Å². The van der Waals surface area contributed by atoms with Gasteiger partial charge < -0.3 is 0 Å². The molecule has 7 nitrogen and oxygen atoms in total. The van der Waals surface area contributed by atoms with E-state index in [4.69, 9.17) is 10.7 Å². The van der Waals surface area contributed by atoms with Crippen molar-refractivity contribution in [1.29, 1.82) is 0 Å². The van der Waals surface area contributed by atoms with Crippen molar-refractivity contribution in [2.24, 2.45) is 0 Å². The van der Waals surface area contributed by atoms with Gasteiger partial charge in [0.1, 0.15) is 0 Å². The number of sulfonamides is 1. The zero-order valence-corrected chi connectivity index (χ0v) is 13.7. The number of sulfone groups is 1. The molecule has 0 atom stereocenters. The van der Waals surface area contributed by atoms with Crippen LogP contribution in [0.25, 0.3) is 0 Å². The van der Waals surface area contributed by atoms with Crippen LogP contribution in [-0.2, 0) is 28.9 Å². The monoisotopic (exact) mass is 361 g/mol. The number of hydrogen-bond acceptors (Lipinski definition) is 6. The minimum absolute atomic E-state index is 0.0812. The molecule has 0 bridgehead atoms. The van der Waals surface area contributed by atoms with E-state index in [2.05, 4.69) is 4.72 Å². The lowest BCUT2D eigenvalue weighted by Gasteiger charge is -2.10. The summed E-state index contributed by atoms with van der Waals surface area (Å²) < 4.78 is 69.5. The molecule has 0 fully saturated rings. The van der Waals surface area contributed by atoms with Crippen LogP contribution in [-0.4, -0.2) is 36.6 Å². The molecule has 0 aliphatic carbocycles. The molecule has 1 rings (SSSR count). The van der Waals surface area contributed by atoms with Gasteiger partial charge in [0.2, 0.25) is 10.0 Å². The summed E-state index contributed by atoms with van der Waals surface area (Å²) in [5, 5.41) is -1.06. The summed E-state index contributed by atoms with van der Waals surface area (Å²) in [6.07, 6.45) is 0.794. The first-order valence-corrected chi connectivity index (χ1v) is 11.1. The highest BCUT2D eigenvalue weighted by Gasteiger charge is 2.19. The van der Waals surface area contributed by atoms with Crippen molar-refractivity contribution in [3.05, 3.63) is 23.8 Å². The van der Waals surface area contributed by atoms with Crippen molar-refractivity contribution in [3.8, 4) is 0 Å². The molecular formula is C9H12ClNO6S3. The number of nitrogens with one attached hydrogen (secondary N) is 1. The molecule has 0 radical (unpaired) electrons. The standard InChI is InChI=1S/C9H12ClNO6S3/c1-7-5-8(20(10,16)17)3-4-9(7)11-19(14,15)6-18(2,12)13/h3-5,11H,6H2,1-2H3. The SMILES string of the molecule is Cc1cc(S(=O)(=O)Cl)ccc1NS(=O)(=O)CS(C)(=O)=O. The van der Waals surface area contributed by atoms with Crippen LogP contribution in [0.3, 0.4) is 0 Å². The Hall–Kier alpha value is -0.840. The Morgan fingerprint density at radius 3 is 2.05 bits per heavy atom. The molecule has 0 amide bonds.